The number of rotatable bonds is 11. The molecule has 1 aliphatic heterocycles. The van der Waals surface area contributed by atoms with E-state index in [-0.39, 0.29) is 22.4 Å². The molecule has 244 valence electrons. The quantitative estimate of drug-likeness (QED) is 0.187. The fourth-order valence-electron chi connectivity index (χ4n) is 5.82. The van der Waals surface area contributed by atoms with Crippen LogP contribution in [0, 0.1) is 11.6 Å². The van der Waals surface area contributed by atoms with Gasteiger partial charge in [0.05, 0.1) is 26.9 Å². The van der Waals surface area contributed by atoms with Crippen molar-refractivity contribution in [3.63, 3.8) is 0 Å². The van der Waals surface area contributed by atoms with Gasteiger partial charge in [-0.25, -0.2) is 28.7 Å². The molecule has 6 rings (SSSR count). The van der Waals surface area contributed by atoms with Gasteiger partial charge in [0.15, 0.2) is 5.82 Å². The highest BCUT2D eigenvalue weighted by Crippen LogP contribution is 2.38. The average Bonchev–Trinajstić information content (AvgIpc) is 3.11. The lowest BCUT2D eigenvalue weighted by atomic mass is 10.0. The standard InChI is InChI=1S/C35H37F2N7O3/c1-42-17-19-43(20-18-42)34-26-12-11-25(31-27(36)7-5-8-28(31)46-3)32(37)33(26)40-30(41-34)13-16-44(35-38-14-6-15-39-35)22-23-9-10-24(45-2)21-29(23)47-4/h5-12,14-15,21H,13,16-20,22H2,1-4H3. The summed E-state index contributed by atoms with van der Waals surface area (Å²) in [4.78, 5) is 25.2. The molecule has 1 saturated heterocycles. The lowest BCUT2D eigenvalue weighted by Crippen LogP contribution is -2.45. The van der Waals surface area contributed by atoms with Gasteiger partial charge in [0.2, 0.25) is 5.95 Å². The van der Waals surface area contributed by atoms with Crippen LogP contribution in [0.15, 0.2) is 67.0 Å². The highest BCUT2D eigenvalue weighted by atomic mass is 19.1. The number of likely N-dealkylation sites (N-methyl/N-ethyl adjacent to an activating group) is 1. The molecule has 5 aromatic rings. The van der Waals surface area contributed by atoms with Gasteiger partial charge in [-0.1, -0.05) is 12.1 Å². The number of halogens is 2. The largest absolute Gasteiger partial charge is 0.497 e. The minimum Gasteiger partial charge on any atom is -0.497 e. The predicted octanol–water partition coefficient (Wildman–Crippen LogP) is 5.39. The molecule has 2 aromatic heterocycles. The zero-order chi connectivity index (χ0) is 32.9. The Morgan fingerprint density at radius 1 is 0.830 bits per heavy atom. The molecule has 0 spiro atoms. The van der Waals surface area contributed by atoms with E-state index in [4.69, 9.17) is 24.2 Å². The Hall–Kier alpha value is -5.10. The molecule has 0 atom stereocenters. The highest BCUT2D eigenvalue weighted by molar-refractivity contribution is 5.94. The van der Waals surface area contributed by atoms with Gasteiger partial charge in [0.1, 0.15) is 40.2 Å². The minimum atomic E-state index is -0.629. The van der Waals surface area contributed by atoms with Crippen molar-refractivity contribution in [2.75, 3.05) is 70.9 Å². The second-order valence-corrected chi connectivity index (χ2v) is 11.3. The summed E-state index contributed by atoms with van der Waals surface area (Å²) in [5, 5.41) is 0.570. The minimum absolute atomic E-state index is 0.0524. The van der Waals surface area contributed by atoms with E-state index in [0.29, 0.717) is 54.0 Å². The molecule has 0 amide bonds. The van der Waals surface area contributed by atoms with Crippen molar-refractivity contribution < 1.29 is 23.0 Å². The molecule has 0 bridgehead atoms. The van der Waals surface area contributed by atoms with E-state index in [1.807, 2.05) is 23.1 Å². The number of piperazine rings is 1. The molecule has 1 aliphatic rings. The molecule has 47 heavy (non-hydrogen) atoms. The van der Waals surface area contributed by atoms with E-state index >= 15 is 8.78 Å². The van der Waals surface area contributed by atoms with Crippen LogP contribution < -0.4 is 24.0 Å². The first kappa shape index (κ1) is 31.9. The van der Waals surface area contributed by atoms with Crippen LogP contribution in [-0.2, 0) is 13.0 Å². The van der Waals surface area contributed by atoms with Gasteiger partial charge in [-0.05, 0) is 43.4 Å². The van der Waals surface area contributed by atoms with Gasteiger partial charge in [0, 0.05) is 80.7 Å². The van der Waals surface area contributed by atoms with Crippen molar-refractivity contribution in [2.45, 2.75) is 13.0 Å². The topological polar surface area (TPSA) is 89.0 Å². The van der Waals surface area contributed by atoms with Crippen molar-refractivity contribution in [1.29, 1.82) is 0 Å². The smallest absolute Gasteiger partial charge is 0.225 e. The lowest BCUT2D eigenvalue weighted by Gasteiger charge is -2.34. The summed E-state index contributed by atoms with van der Waals surface area (Å²) in [6.45, 7) is 4.01. The van der Waals surface area contributed by atoms with Crippen LogP contribution in [0.1, 0.15) is 11.4 Å². The molecular formula is C35H37F2N7O3. The van der Waals surface area contributed by atoms with Crippen molar-refractivity contribution in [3.8, 4) is 28.4 Å². The Kier molecular flexibility index (Phi) is 9.58. The number of hydrogen-bond donors (Lipinski definition) is 0. The van der Waals surface area contributed by atoms with Crippen LogP contribution in [0.3, 0.4) is 0 Å². The first-order valence-corrected chi connectivity index (χ1v) is 15.4. The van der Waals surface area contributed by atoms with E-state index in [1.165, 1.54) is 19.2 Å². The van der Waals surface area contributed by atoms with E-state index in [0.717, 1.165) is 31.7 Å². The number of anilines is 2. The maximum atomic E-state index is 16.5. The Bertz CT molecular complexity index is 1850. The molecule has 0 radical (unpaired) electrons. The fourth-order valence-corrected chi connectivity index (χ4v) is 5.82. The van der Waals surface area contributed by atoms with Gasteiger partial charge in [0.25, 0.3) is 0 Å². The molecule has 0 unspecified atom stereocenters. The zero-order valence-corrected chi connectivity index (χ0v) is 26.9. The second-order valence-electron chi connectivity index (χ2n) is 11.3. The number of aromatic nitrogens is 4. The molecule has 1 fully saturated rings. The van der Waals surface area contributed by atoms with E-state index in [9.17, 15) is 0 Å². The summed E-state index contributed by atoms with van der Waals surface area (Å²) in [5.41, 5.74) is 1.17. The summed E-state index contributed by atoms with van der Waals surface area (Å²) >= 11 is 0. The second kappa shape index (κ2) is 14.1. The molecule has 0 aliphatic carbocycles. The van der Waals surface area contributed by atoms with Gasteiger partial charge in [-0.3, -0.25) is 0 Å². The normalized spacial score (nSPS) is 13.5. The number of ether oxygens (including phenoxy) is 3. The third-order valence-electron chi connectivity index (χ3n) is 8.40. The monoisotopic (exact) mass is 641 g/mol. The van der Waals surface area contributed by atoms with Crippen molar-refractivity contribution in [1.82, 2.24) is 24.8 Å². The molecular weight excluding hydrogens is 604 g/mol. The predicted molar refractivity (Wildman–Crippen MR) is 177 cm³/mol. The third-order valence-corrected chi connectivity index (χ3v) is 8.40. The highest BCUT2D eigenvalue weighted by Gasteiger charge is 2.24. The average molecular weight is 642 g/mol. The van der Waals surface area contributed by atoms with Crippen LogP contribution in [0.25, 0.3) is 22.0 Å². The van der Waals surface area contributed by atoms with Gasteiger partial charge < -0.3 is 28.9 Å². The fraction of sp³-hybridized carbons (Fsp3) is 0.314. The van der Waals surface area contributed by atoms with E-state index in [2.05, 4.69) is 26.8 Å². The number of hydrogen-bond acceptors (Lipinski definition) is 10. The number of fused-ring (bicyclic) bond motifs is 1. The van der Waals surface area contributed by atoms with Crippen LogP contribution in [0.4, 0.5) is 20.5 Å². The molecule has 0 saturated carbocycles. The van der Waals surface area contributed by atoms with Crippen LogP contribution in [-0.4, -0.2) is 85.9 Å². The lowest BCUT2D eigenvalue weighted by molar-refractivity contribution is 0.312. The molecule has 10 nitrogen and oxygen atoms in total. The number of benzene rings is 3. The van der Waals surface area contributed by atoms with Crippen molar-refractivity contribution in [2.24, 2.45) is 0 Å². The van der Waals surface area contributed by atoms with Crippen LogP contribution in [0.2, 0.25) is 0 Å². The first-order chi connectivity index (χ1) is 22.9. The Balaban J connectivity index is 1.40. The zero-order valence-electron chi connectivity index (χ0n) is 26.9. The number of methoxy groups -OCH3 is 3. The maximum Gasteiger partial charge on any atom is 0.225 e. The summed E-state index contributed by atoms with van der Waals surface area (Å²) < 4.78 is 48.1. The van der Waals surface area contributed by atoms with Gasteiger partial charge in [-0.2, -0.15) is 0 Å². The Labute approximate surface area is 272 Å². The summed E-state index contributed by atoms with van der Waals surface area (Å²) in [5.74, 6) is 2.01. The molecule has 12 heteroatoms. The first-order valence-electron chi connectivity index (χ1n) is 15.4. The summed E-state index contributed by atoms with van der Waals surface area (Å²) in [6, 6.07) is 15.2. The Morgan fingerprint density at radius 2 is 1.60 bits per heavy atom. The van der Waals surface area contributed by atoms with Crippen LogP contribution in [0.5, 0.6) is 17.2 Å². The third kappa shape index (κ3) is 6.73. The molecule has 0 N–H and O–H groups in total. The summed E-state index contributed by atoms with van der Waals surface area (Å²) in [7, 11) is 6.74. The van der Waals surface area contributed by atoms with Crippen molar-refractivity contribution >= 4 is 22.7 Å². The van der Waals surface area contributed by atoms with Crippen molar-refractivity contribution in [3.05, 3.63) is 90.0 Å². The van der Waals surface area contributed by atoms with E-state index in [1.54, 1.807) is 50.9 Å². The van der Waals surface area contributed by atoms with Gasteiger partial charge in [-0.15, -0.1) is 0 Å². The SMILES string of the molecule is COc1ccc(CN(CCc2nc(N3CCN(C)CC3)c3ccc(-c4c(F)cccc4OC)c(F)c3n2)c2ncccn2)c(OC)c1. The summed E-state index contributed by atoms with van der Waals surface area (Å²) in [6.07, 6.45) is 3.74. The maximum absolute atomic E-state index is 16.5. The Morgan fingerprint density at radius 3 is 2.32 bits per heavy atom. The molecule has 3 heterocycles. The van der Waals surface area contributed by atoms with Crippen LogP contribution >= 0.6 is 0 Å². The van der Waals surface area contributed by atoms with E-state index < -0.39 is 11.6 Å². The molecule has 3 aromatic carbocycles. The number of nitrogens with zero attached hydrogens (tertiary/aromatic N) is 7. The van der Waals surface area contributed by atoms with Gasteiger partial charge >= 0.3 is 0 Å².